The molecule has 0 atom stereocenters. The van der Waals surface area contributed by atoms with Gasteiger partial charge >= 0.3 is 0 Å². The van der Waals surface area contributed by atoms with Crippen LogP contribution in [0.1, 0.15) is 11.1 Å². The fourth-order valence-electron chi connectivity index (χ4n) is 3.27. The Morgan fingerprint density at radius 2 is 0.871 bits per heavy atom. The average Bonchev–Trinajstić information content (AvgIpc) is 2.85. The topological polar surface area (TPSA) is 21.7 Å². The Kier molecular flexibility index (Phi) is 6.21. The first-order chi connectivity index (χ1) is 15.3. The summed E-state index contributed by atoms with van der Waals surface area (Å²) in [6.07, 6.45) is 0. The van der Waals surface area contributed by atoms with Crippen LogP contribution in [-0.4, -0.2) is 14.2 Å². The van der Waals surface area contributed by atoms with Gasteiger partial charge in [-0.05, 0) is 84.9 Å². The van der Waals surface area contributed by atoms with E-state index in [1.165, 1.54) is 0 Å². The molecule has 152 valence electrons. The van der Waals surface area contributed by atoms with Crippen LogP contribution in [0, 0.1) is 11.8 Å². The molecular weight excluding hydrogens is 382 g/mol. The van der Waals surface area contributed by atoms with Crippen LogP contribution in [0.4, 0.5) is 17.1 Å². The first kappa shape index (κ1) is 20.1. The van der Waals surface area contributed by atoms with Crippen molar-refractivity contribution < 1.29 is 9.47 Å². The molecule has 0 aromatic heterocycles. The van der Waals surface area contributed by atoms with Gasteiger partial charge in [-0.1, -0.05) is 30.0 Å². The van der Waals surface area contributed by atoms with Crippen molar-refractivity contribution in [2.45, 2.75) is 0 Å². The fourth-order valence-corrected chi connectivity index (χ4v) is 3.27. The monoisotopic (exact) mass is 405 g/mol. The molecule has 0 N–H and O–H groups in total. The highest BCUT2D eigenvalue weighted by atomic mass is 16.5. The number of methoxy groups -OCH3 is 2. The lowest BCUT2D eigenvalue weighted by molar-refractivity contribution is 0.415. The van der Waals surface area contributed by atoms with Gasteiger partial charge in [0.1, 0.15) is 11.5 Å². The second-order valence-corrected chi connectivity index (χ2v) is 6.89. The van der Waals surface area contributed by atoms with Gasteiger partial charge in [0.05, 0.1) is 14.2 Å². The number of hydrogen-bond acceptors (Lipinski definition) is 3. The van der Waals surface area contributed by atoms with Crippen molar-refractivity contribution in [1.29, 1.82) is 0 Å². The molecule has 31 heavy (non-hydrogen) atoms. The second-order valence-electron chi connectivity index (χ2n) is 6.89. The smallest absolute Gasteiger partial charge is 0.119 e. The lowest BCUT2D eigenvalue weighted by Gasteiger charge is -2.25. The highest BCUT2D eigenvalue weighted by Gasteiger charge is 2.12. The maximum absolute atomic E-state index is 5.32. The standard InChI is InChI=1S/C28H23NO2/c1-30-27-18-14-25(15-19-27)29(26-16-20-28(31-2)21-17-26)24-12-10-23(11-13-24)9-8-22-6-4-3-5-7-22/h3-7,10-21H,1-2H3. The molecule has 0 aliphatic rings. The summed E-state index contributed by atoms with van der Waals surface area (Å²) >= 11 is 0. The summed E-state index contributed by atoms with van der Waals surface area (Å²) in [5.74, 6) is 8.09. The van der Waals surface area contributed by atoms with Gasteiger partial charge in [-0.3, -0.25) is 0 Å². The summed E-state index contributed by atoms with van der Waals surface area (Å²) in [5, 5.41) is 0. The molecule has 0 aliphatic carbocycles. The molecule has 0 amide bonds. The summed E-state index contributed by atoms with van der Waals surface area (Å²) < 4.78 is 10.6. The number of rotatable bonds is 5. The van der Waals surface area contributed by atoms with Crippen LogP contribution in [0.2, 0.25) is 0 Å². The molecular formula is C28H23NO2. The third-order valence-corrected chi connectivity index (χ3v) is 4.91. The van der Waals surface area contributed by atoms with Gasteiger partial charge < -0.3 is 14.4 Å². The van der Waals surface area contributed by atoms with Crippen LogP contribution in [0.5, 0.6) is 11.5 Å². The van der Waals surface area contributed by atoms with Crippen LogP contribution in [0.15, 0.2) is 103 Å². The molecule has 3 heteroatoms. The minimum Gasteiger partial charge on any atom is -0.497 e. The fraction of sp³-hybridized carbons (Fsp3) is 0.0714. The minimum atomic E-state index is 0.824. The van der Waals surface area contributed by atoms with E-state index >= 15 is 0 Å². The molecule has 0 heterocycles. The Balaban J connectivity index is 1.68. The van der Waals surface area contributed by atoms with Crippen molar-refractivity contribution in [2.24, 2.45) is 0 Å². The van der Waals surface area contributed by atoms with Crippen LogP contribution in [0.25, 0.3) is 0 Å². The Labute approximate surface area is 183 Å². The number of hydrogen-bond donors (Lipinski definition) is 0. The van der Waals surface area contributed by atoms with Gasteiger partial charge in [0, 0.05) is 28.2 Å². The number of ether oxygens (including phenoxy) is 2. The second kappa shape index (κ2) is 9.56. The van der Waals surface area contributed by atoms with Crippen LogP contribution >= 0.6 is 0 Å². The third kappa shape index (κ3) is 4.88. The maximum Gasteiger partial charge on any atom is 0.119 e. The highest BCUT2D eigenvalue weighted by molar-refractivity contribution is 5.77. The Hall–Kier alpha value is -4.16. The van der Waals surface area contributed by atoms with Gasteiger partial charge in [0.25, 0.3) is 0 Å². The number of benzene rings is 4. The molecule has 3 nitrogen and oxygen atoms in total. The largest absolute Gasteiger partial charge is 0.497 e. The Morgan fingerprint density at radius 1 is 0.484 bits per heavy atom. The molecule has 4 rings (SSSR count). The van der Waals surface area contributed by atoms with Gasteiger partial charge in [0.15, 0.2) is 0 Å². The normalized spacial score (nSPS) is 10.0. The summed E-state index contributed by atoms with van der Waals surface area (Å²) in [6.45, 7) is 0. The van der Waals surface area contributed by atoms with Gasteiger partial charge in [-0.15, -0.1) is 0 Å². The van der Waals surface area contributed by atoms with Gasteiger partial charge in [-0.25, -0.2) is 0 Å². The summed E-state index contributed by atoms with van der Waals surface area (Å²) in [6, 6.07) is 34.3. The molecule has 0 saturated carbocycles. The molecule has 0 aliphatic heterocycles. The lowest BCUT2D eigenvalue weighted by Crippen LogP contribution is -2.09. The van der Waals surface area contributed by atoms with Crippen molar-refractivity contribution in [1.82, 2.24) is 0 Å². The van der Waals surface area contributed by atoms with E-state index in [1.807, 2.05) is 91.0 Å². The van der Waals surface area contributed by atoms with E-state index in [-0.39, 0.29) is 0 Å². The van der Waals surface area contributed by atoms with E-state index in [9.17, 15) is 0 Å². The predicted octanol–water partition coefficient (Wildman–Crippen LogP) is 6.57. The Bertz CT molecular complexity index is 1120. The Morgan fingerprint density at radius 3 is 1.29 bits per heavy atom. The van der Waals surface area contributed by atoms with E-state index in [2.05, 4.69) is 28.9 Å². The van der Waals surface area contributed by atoms with Crippen molar-refractivity contribution >= 4 is 17.1 Å². The highest BCUT2D eigenvalue weighted by Crippen LogP contribution is 2.36. The third-order valence-electron chi connectivity index (χ3n) is 4.91. The number of anilines is 3. The van der Waals surface area contributed by atoms with E-state index in [0.717, 1.165) is 39.7 Å². The summed E-state index contributed by atoms with van der Waals surface area (Å²) in [4.78, 5) is 2.19. The molecule has 4 aromatic carbocycles. The molecule has 0 saturated heterocycles. The summed E-state index contributed by atoms with van der Waals surface area (Å²) in [5.41, 5.74) is 5.09. The predicted molar refractivity (Wildman–Crippen MR) is 127 cm³/mol. The zero-order valence-corrected chi connectivity index (χ0v) is 17.6. The van der Waals surface area contributed by atoms with Crippen molar-refractivity contribution in [3.63, 3.8) is 0 Å². The van der Waals surface area contributed by atoms with Crippen molar-refractivity contribution in [3.8, 4) is 23.3 Å². The molecule has 0 fully saturated rings. The molecule has 0 bridgehead atoms. The maximum atomic E-state index is 5.32. The lowest BCUT2D eigenvalue weighted by atomic mass is 10.1. The quantitative estimate of drug-likeness (QED) is 0.350. The molecule has 0 unspecified atom stereocenters. The van der Waals surface area contributed by atoms with E-state index < -0.39 is 0 Å². The number of nitrogens with zero attached hydrogens (tertiary/aromatic N) is 1. The SMILES string of the molecule is COc1ccc(N(c2ccc(C#Cc3ccccc3)cc2)c2ccc(OC)cc2)cc1. The van der Waals surface area contributed by atoms with Crippen molar-refractivity contribution in [3.05, 3.63) is 114 Å². The summed E-state index contributed by atoms with van der Waals surface area (Å²) in [7, 11) is 3.34. The first-order valence-electron chi connectivity index (χ1n) is 10.0. The van der Waals surface area contributed by atoms with E-state index in [4.69, 9.17) is 9.47 Å². The zero-order valence-electron chi connectivity index (χ0n) is 17.6. The zero-order chi connectivity index (χ0) is 21.5. The minimum absolute atomic E-state index is 0.824. The molecule has 0 spiro atoms. The van der Waals surface area contributed by atoms with Crippen LogP contribution < -0.4 is 14.4 Å². The first-order valence-corrected chi connectivity index (χ1v) is 10.0. The van der Waals surface area contributed by atoms with E-state index in [0.29, 0.717) is 0 Å². The van der Waals surface area contributed by atoms with Gasteiger partial charge in [-0.2, -0.15) is 0 Å². The van der Waals surface area contributed by atoms with Crippen LogP contribution in [-0.2, 0) is 0 Å². The van der Waals surface area contributed by atoms with Crippen molar-refractivity contribution in [2.75, 3.05) is 19.1 Å². The average molecular weight is 405 g/mol. The molecule has 4 aromatic rings. The van der Waals surface area contributed by atoms with Gasteiger partial charge in [0.2, 0.25) is 0 Å². The van der Waals surface area contributed by atoms with Crippen LogP contribution in [0.3, 0.4) is 0 Å². The molecule has 0 radical (unpaired) electrons. The van der Waals surface area contributed by atoms with E-state index in [1.54, 1.807) is 14.2 Å².